The van der Waals surface area contributed by atoms with Crippen molar-refractivity contribution in [2.75, 3.05) is 14.1 Å². The molecule has 0 spiro atoms. The fraction of sp³-hybridized carbons (Fsp3) is 0.300. The summed E-state index contributed by atoms with van der Waals surface area (Å²) in [4.78, 5) is 6.18. The predicted octanol–water partition coefficient (Wildman–Crippen LogP) is 2.42. The Kier molecular flexibility index (Phi) is 2.33. The summed E-state index contributed by atoms with van der Waals surface area (Å²) in [6.45, 7) is 0.559. The molecule has 1 aliphatic heterocycles. The maximum atomic E-state index is 5.88. The van der Waals surface area contributed by atoms with E-state index in [0.717, 1.165) is 11.3 Å². The molecule has 3 nitrogen and oxygen atoms in total. The van der Waals surface area contributed by atoms with Gasteiger partial charge in [0.2, 0.25) is 0 Å². The summed E-state index contributed by atoms with van der Waals surface area (Å²) < 4.78 is 5.44. The number of amidine groups is 1. The zero-order valence-corrected chi connectivity index (χ0v) is 8.88. The van der Waals surface area contributed by atoms with E-state index in [9.17, 15) is 0 Å². The molecular weight excluding hydrogens is 200 g/mol. The second-order valence-electron chi connectivity index (χ2n) is 3.35. The highest BCUT2D eigenvalue weighted by Crippen LogP contribution is 2.27. The predicted molar refractivity (Wildman–Crippen MR) is 57.0 cm³/mol. The van der Waals surface area contributed by atoms with E-state index in [-0.39, 0.29) is 0 Å². The Hall–Kier alpha value is -1.22. The second kappa shape index (κ2) is 3.50. The van der Waals surface area contributed by atoms with Crippen LogP contribution in [0.4, 0.5) is 5.69 Å². The number of ether oxygens (including phenoxy) is 1. The average Bonchev–Trinajstić information content (AvgIpc) is 2.16. The van der Waals surface area contributed by atoms with Gasteiger partial charge in [0.1, 0.15) is 6.61 Å². The van der Waals surface area contributed by atoms with Gasteiger partial charge in [0.15, 0.2) is 0 Å². The van der Waals surface area contributed by atoms with Crippen molar-refractivity contribution in [3.63, 3.8) is 0 Å². The first-order valence-corrected chi connectivity index (χ1v) is 4.72. The SMILES string of the molecule is CN(C)C1=Nc2cc(Cl)ccc2CO1. The van der Waals surface area contributed by atoms with E-state index in [1.807, 2.05) is 37.2 Å². The third-order valence-corrected chi connectivity index (χ3v) is 2.24. The molecule has 1 aliphatic rings. The smallest absolute Gasteiger partial charge is 0.292 e. The van der Waals surface area contributed by atoms with E-state index in [1.54, 1.807) is 0 Å². The molecule has 14 heavy (non-hydrogen) atoms. The van der Waals surface area contributed by atoms with Crippen molar-refractivity contribution in [2.45, 2.75) is 6.61 Å². The Morgan fingerprint density at radius 2 is 2.21 bits per heavy atom. The van der Waals surface area contributed by atoms with Crippen LogP contribution in [0.5, 0.6) is 0 Å². The van der Waals surface area contributed by atoms with Crippen LogP contribution in [0, 0.1) is 0 Å². The third kappa shape index (κ3) is 1.68. The first-order valence-electron chi connectivity index (χ1n) is 4.34. The topological polar surface area (TPSA) is 24.8 Å². The molecule has 0 aliphatic carbocycles. The molecule has 0 aromatic heterocycles. The van der Waals surface area contributed by atoms with Crippen molar-refractivity contribution < 1.29 is 4.74 Å². The highest BCUT2D eigenvalue weighted by Gasteiger charge is 2.14. The fourth-order valence-electron chi connectivity index (χ4n) is 1.27. The van der Waals surface area contributed by atoms with Gasteiger partial charge in [0.05, 0.1) is 5.69 Å². The number of halogens is 1. The van der Waals surface area contributed by atoms with Crippen molar-refractivity contribution in [1.82, 2.24) is 4.90 Å². The molecular formula is C10H11ClN2O. The molecule has 2 rings (SSSR count). The van der Waals surface area contributed by atoms with Gasteiger partial charge in [-0.1, -0.05) is 17.7 Å². The van der Waals surface area contributed by atoms with Gasteiger partial charge in [-0.05, 0) is 12.1 Å². The van der Waals surface area contributed by atoms with Crippen LogP contribution < -0.4 is 0 Å². The summed E-state index contributed by atoms with van der Waals surface area (Å²) in [5.41, 5.74) is 1.97. The molecule has 0 unspecified atom stereocenters. The van der Waals surface area contributed by atoms with Gasteiger partial charge >= 0.3 is 0 Å². The monoisotopic (exact) mass is 210 g/mol. The molecule has 1 heterocycles. The van der Waals surface area contributed by atoms with Gasteiger partial charge in [-0.25, -0.2) is 0 Å². The van der Waals surface area contributed by atoms with E-state index < -0.39 is 0 Å². The van der Waals surface area contributed by atoms with Gasteiger partial charge in [0.25, 0.3) is 6.02 Å². The second-order valence-corrected chi connectivity index (χ2v) is 3.79. The standard InChI is InChI=1S/C10H11ClN2O/c1-13(2)10-12-9-5-8(11)4-3-7(9)6-14-10/h3-5H,6H2,1-2H3. The Bertz CT molecular complexity index is 388. The molecule has 1 aromatic carbocycles. The molecule has 0 radical (unpaired) electrons. The molecule has 4 heteroatoms. The van der Waals surface area contributed by atoms with Crippen molar-refractivity contribution >= 4 is 23.3 Å². The maximum absolute atomic E-state index is 5.88. The number of hydrogen-bond donors (Lipinski definition) is 0. The van der Waals surface area contributed by atoms with E-state index in [2.05, 4.69) is 4.99 Å². The summed E-state index contributed by atoms with van der Waals surface area (Å²) in [6.07, 6.45) is 0. The van der Waals surface area contributed by atoms with Crippen molar-refractivity contribution in [3.05, 3.63) is 28.8 Å². The molecule has 0 amide bonds. The van der Waals surface area contributed by atoms with Gasteiger partial charge < -0.3 is 9.64 Å². The molecule has 0 bridgehead atoms. The van der Waals surface area contributed by atoms with Gasteiger partial charge in [-0.15, -0.1) is 0 Å². The van der Waals surface area contributed by atoms with Gasteiger partial charge in [-0.3, -0.25) is 0 Å². The zero-order chi connectivity index (χ0) is 10.1. The molecule has 1 aromatic rings. The number of aliphatic imine (C=N–C) groups is 1. The van der Waals surface area contributed by atoms with Crippen LogP contribution in [0.1, 0.15) is 5.56 Å². The Labute approximate surface area is 88.0 Å². The Morgan fingerprint density at radius 1 is 1.43 bits per heavy atom. The number of benzene rings is 1. The number of fused-ring (bicyclic) bond motifs is 1. The Balaban J connectivity index is 2.42. The lowest BCUT2D eigenvalue weighted by Gasteiger charge is -2.21. The van der Waals surface area contributed by atoms with E-state index in [0.29, 0.717) is 17.7 Å². The quantitative estimate of drug-likeness (QED) is 0.657. The summed E-state index contributed by atoms with van der Waals surface area (Å²) in [7, 11) is 3.79. The summed E-state index contributed by atoms with van der Waals surface area (Å²) in [5.74, 6) is 0. The lowest BCUT2D eigenvalue weighted by Crippen LogP contribution is -2.26. The molecule has 0 atom stereocenters. The van der Waals surface area contributed by atoms with Gasteiger partial charge in [0, 0.05) is 24.7 Å². The first kappa shape index (κ1) is 9.34. The van der Waals surface area contributed by atoms with E-state index >= 15 is 0 Å². The maximum Gasteiger partial charge on any atom is 0.292 e. The third-order valence-electron chi connectivity index (χ3n) is 2.00. The van der Waals surface area contributed by atoms with E-state index in [1.165, 1.54) is 0 Å². The molecule has 0 N–H and O–H groups in total. The highest BCUT2D eigenvalue weighted by molar-refractivity contribution is 6.30. The van der Waals surface area contributed by atoms with Crippen LogP contribution in [0.25, 0.3) is 0 Å². The van der Waals surface area contributed by atoms with Crippen molar-refractivity contribution in [1.29, 1.82) is 0 Å². The minimum atomic E-state index is 0.559. The lowest BCUT2D eigenvalue weighted by atomic mass is 10.2. The summed E-state index contributed by atoms with van der Waals surface area (Å²) >= 11 is 5.88. The van der Waals surface area contributed by atoms with Crippen LogP contribution in [-0.2, 0) is 11.3 Å². The van der Waals surface area contributed by atoms with Crippen molar-refractivity contribution in [2.24, 2.45) is 4.99 Å². The molecule has 0 fully saturated rings. The fourth-order valence-corrected chi connectivity index (χ4v) is 1.44. The van der Waals surface area contributed by atoms with Crippen LogP contribution >= 0.6 is 11.6 Å². The lowest BCUT2D eigenvalue weighted by molar-refractivity contribution is 0.241. The summed E-state index contributed by atoms with van der Waals surface area (Å²) in [6, 6.07) is 6.26. The van der Waals surface area contributed by atoms with Crippen LogP contribution in [0.15, 0.2) is 23.2 Å². The Morgan fingerprint density at radius 3 is 2.93 bits per heavy atom. The summed E-state index contributed by atoms with van der Waals surface area (Å²) in [5, 5.41) is 0.701. The van der Waals surface area contributed by atoms with Crippen molar-refractivity contribution in [3.8, 4) is 0 Å². The minimum absolute atomic E-state index is 0.559. The largest absolute Gasteiger partial charge is 0.460 e. The van der Waals surface area contributed by atoms with Crippen LogP contribution in [0.2, 0.25) is 5.02 Å². The molecule has 0 saturated carbocycles. The minimum Gasteiger partial charge on any atom is -0.460 e. The first-order chi connectivity index (χ1) is 6.66. The zero-order valence-electron chi connectivity index (χ0n) is 8.12. The average molecular weight is 211 g/mol. The van der Waals surface area contributed by atoms with Crippen LogP contribution in [0.3, 0.4) is 0 Å². The van der Waals surface area contributed by atoms with Crippen LogP contribution in [-0.4, -0.2) is 25.0 Å². The van der Waals surface area contributed by atoms with Gasteiger partial charge in [-0.2, -0.15) is 4.99 Å². The van der Waals surface area contributed by atoms with E-state index in [4.69, 9.17) is 16.3 Å². The molecule has 0 saturated heterocycles. The normalized spacial score (nSPS) is 14.1. The molecule has 74 valence electrons. The highest BCUT2D eigenvalue weighted by atomic mass is 35.5. The number of rotatable bonds is 0. The number of hydrogen-bond acceptors (Lipinski definition) is 3. The number of nitrogens with zero attached hydrogens (tertiary/aromatic N) is 2.